The number of carbonyl (C=O) groups excluding carboxylic acids is 1. The second kappa shape index (κ2) is 6.11. The molecule has 0 aromatic rings. The number of hydrogen-bond acceptors (Lipinski definition) is 3. The minimum Gasteiger partial charge on any atom is -0.376 e. The van der Waals surface area contributed by atoms with Gasteiger partial charge in [-0.25, -0.2) is 0 Å². The molecule has 0 spiro atoms. The lowest BCUT2D eigenvalue weighted by Crippen LogP contribution is -2.25. The third kappa shape index (κ3) is 4.39. The van der Waals surface area contributed by atoms with Crippen molar-refractivity contribution in [2.75, 3.05) is 19.8 Å². The third-order valence-corrected chi connectivity index (χ3v) is 2.24. The van der Waals surface area contributed by atoms with Gasteiger partial charge in [-0.05, 0) is 19.3 Å². The predicted molar refractivity (Wildman–Crippen MR) is 49.7 cm³/mol. The van der Waals surface area contributed by atoms with Crippen LogP contribution in [0.3, 0.4) is 0 Å². The van der Waals surface area contributed by atoms with E-state index < -0.39 is 0 Å². The smallest absolute Gasteiger partial charge is 0.158 e. The molecule has 1 aliphatic heterocycles. The van der Waals surface area contributed by atoms with Gasteiger partial charge in [0, 0.05) is 13.0 Å². The molecular weight excluding hydrogens is 168 g/mol. The van der Waals surface area contributed by atoms with Crippen LogP contribution in [0, 0.1) is 0 Å². The average Bonchev–Trinajstić information content (AvgIpc) is 2.19. The fourth-order valence-electron chi connectivity index (χ4n) is 1.35. The topological polar surface area (TPSA) is 35.5 Å². The Morgan fingerprint density at radius 3 is 3.00 bits per heavy atom. The quantitative estimate of drug-likeness (QED) is 0.653. The van der Waals surface area contributed by atoms with E-state index in [9.17, 15) is 4.79 Å². The Bertz CT molecular complexity index is 150. The van der Waals surface area contributed by atoms with Crippen molar-refractivity contribution in [1.82, 2.24) is 0 Å². The Hall–Kier alpha value is -0.410. The zero-order valence-corrected chi connectivity index (χ0v) is 8.25. The molecule has 1 heterocycles. The molecule has 13 heavy (non-hydrogen) atoms. The van der Waals surface area contributed by atoms with Crippen LogP contribution in [0.4, 0.5) is 0 Å². The lowest BCUT2D eigenvalue weighted by molar-refractivity contribution is -0.125. The van der Waals surface area contributed by atoms with E-state index in [1.54, 1.807) is 0 Å². The van der Waals surface area contributed by atoms with Crippen LogP contribution in [0.15, 0.2) is 0 Å². The molecule has 0 aromatic carbocycles. The average molecular weight is 186 g/mol. The normalized spacial score (nSPS) is 23.0. The SMILES string of the molecule is CCC(=O)COCC1CCCCO1. The molecule has 1 aliphatic rings. The van der Waals surface area contributed by atoms with Crippen LogP contribution in [0.1, 0.15) is 32.6 Å². The van der Waals surface area contributed by atoms with E-state index in [1.807, 2.05) is 6.92 Å². The van der Waals surface area contributed by atoms with E-state index in [2.05, 4.69) is 0 Å². The molecule has 1 rings (SSSR count). The molecule has 76 valence electrons. The molecule has 1 fully saturated rings. The van der Waals surface area contributed by atoms with Gasteiger partial charge in [0.15, 0.2) is 5.78 Å². The lowest BCUT2D eigenvalue weighted by atomic mass is 10.1. The van der Waals surface area contributed by atoms with E-state index in [0.717, 1.165) is 19.4 Å². The summed E-state index contributed by atoms with van der Waals surface area (Å²) in [5.74, 6) is 0.163. The Labute approximate surface area is 79.4 Å². The Morgan fingerprint density at radius 2 is 2.38 bits per heavy atom. The summed E-state index contributed by atoms with van der Waals surface area (Å²) in [6.07, 6.45) is 4.23. The molecule has 0 saturated carbocycles. The highest BCUT2D eigenvalue weighted by Gasteiger charge is 2.13. The van der Waals surface area contributed by atoms with Gasteiger partial charge in [-0.2, -0.15) is 0 Å². The number of Topliss-reactive ketones (excluding diaryl/α,β-unsaturated/α-hetero) is 1. The summed E-state index contributed by atoms with van der Waals surface area (Å²) in [4.78, 5) is 10.9. The molecule has 1 saturated heterocycles. The summed E-state index contributed by atoms with van der Waals surface area (Å²) in [6, 6.07) is 0. The molecular formula is C10H18O3. The van der Waals surface area contributed by atoms with Crippen LogP contribution in [0.2, 0.25) is 0 Å². The standard InChI is InChI=1S/C10H18O3/c1-2-9(11)7-12-8-10-5-3-4-6-13-10/h10H,2-8H2,1H3. The second-order valence-corrected chi connectivity index (χ2v) is 3.40. The summed E-state index contributed by atoms with van der Waals surface area (Å²) < 4.78 is 10.7. The maximum atomic E-state index is 10.9. The third-order valence-electron chi connectivity index (χ3n) is 2.24. The molecule has 1 unspecified atom stereocenters. The molecule has 1 atom stereocenters. The number of ether oxygens (including phenoxy) is 2. The van der Waals surface area contributed by atoms with Gasteiger partial charge in [-0.15, -0.1) is 0 Å². The first-order chi connectivity index (χ1) is 6.33. The summed E-state index contributed by atoms with van der Waals surface area (Å²) in [6.45, 7) is 3.51. The van der Waals surface area contributed by atoms with Crippen LogP contribution in [0.5, 0.6) is 0 Å². The van der Waals surface area contributed by atoms with E-state index in [0.29, 0.717) is 13.0 Å². The first-order valence-corrected chi connectivity index (χ1v) is 5.04. The van der Waals surface area contributed by atoms with Gasteiger partial charge in [0.2, 0.25) is 0 Å². The molecule has 0 aliphatic carbocycles. The number of carbonyl (C=O) groups is 1. The van der Waals surface area contributed by atoms with E-state index in [1.165, 1.54) is 6.42 Å². The van der Waals surface area contributed by atoms with Gasteiger partial charge in [0.05, 0.1) is 12.7 Å². The first kappa shape index (κ1) is 10.7. The Kier molecular flexibility index (Phi) is 5.01. The van der Waals surface area contributed by atoms with Gasteiger partial charge in [-0.3, -0.25) is 4.79 Å². The first-order valence-electron chi connectivity index (χ1n) is 5.04. The summed E-state index contributed by atoms with van der Waals surface area (Å²) >= 11 is 0. The monoisotopic (exact) mass is 186 g/mol. The van der Waals surface area contributed by atoms with Gasteiger partial charge in [-0.1, -0.05) is 6.92 Å². The van der Waals surface area contributed by atoms with Crippen molar-refractivity contribution in [2.24, 2.45) is 0 Å². The highest BCUT2D eigenvalue weighted by molar-refractivity contribution is 5.79. The summed E-state index contributed by atoms with van der Waals surface area (Å²) in [7, 11) is 0. The largest absolute Gasteiger partial charge is 0.376 e. The van der Waals surface area contributed by atoms with E-state index >= 15 is 0 Å². The minimum atomic E-state index is 0.163. The van der Waals surface area contributed by atoms with Crippen molar-refractivity contribution >= 4 is 5.78 Å². The van der Waals surface area contributed by atoms with Crippen LogP contribution in [-0.4, -0.2) is 31.7 Å². The number of ketones is 1. The summed E-state index contributed by atoms with van der Waals surface area (Å²) in [5, 5.41) is 0. The maximum Gasteiger partial charge on any atom is 0.158 e. The predicted octanol–water partition coefficient (Wildman–Crippen LogP) is 1.55. The molecule has 0 amide bonds. The van der Waals surface area contributed by atoms with E-state index in [4.69, 9.17) is 9.47 Å². The van der Waals surface area contributed by atoms with Crippen LogP contribution in [0.25, 0.3) is 0 Å². The molecule has 3 nitrogen and oxygen atoms in total. The van der Waals surface area contributed by atoms with Crippen molar-refractivity contribution in [1.29, 1.82) is 0 Å². The molecule has 0 bridgehead atoms. The maximum absolute atomic E-state index is 10.9. The highest BCUT2D eigenvalue weighted by Crippen LogP contribution is 2.12. The molecule has 0 aromatic heterocycles. The molecule has 3 heteroatoms. The lowest BCUT2D eigenvalue weighted by Gasteiger charge is -2.22. The van der Waals surface area contributed by atoms with Gasteiger partial charge in [0.1, 0.15) is 6.61 Å². The zero-order valence-electron chi connectivity index (χ0n) is 8.25. The van der Waals surface area contributed by atoms with Crippen molar-refractivity contribution in [3.63, 3.8) is 0 Å². The van der Waals surface area contributed by atoms with Crippen LogP contribution >= 0.6 is 0 Å². The van der Waals surface area contributed by atoms with Crippen LogP contribution in [-0.2, 0) is 14.3 Å². The Balaban J connectivity index is 2.01. The van der Waals surface area contributed by atoms with Crippen molar-refractivity contribution in [3.8, 4) is 0 Å². The van der Waals surface area contributed by atoms with E-state index in [-0.39, 0.29) is 18.5 Å². The van der Waals surface area contributed by atoms with Gasteiger partial charge < -0.3 is 9.47 Å². The van der Waals surface area contributed by atoms with Gasteiger partial charge >= 0.3 is 0 Å². The van der Waals surface area contributed by atoms with Crippen molar-refractivity contribution < 1.29 is 14.3 Å². The Morgan fingerprint density at radius 1 is 1.54 bits per heavy atom. The fraction of sp³-hybridized carbons (Fsp3) is 0.900. The van der Waals surface area contributed by atoms with Crippen LogP contribution < -0.4 is 0 Å². The second-order valence-electron chi connectivity index (χ2n) is 3.40. The van der Waals surface area contributed by atoms with Gasteiger partial charge in [0.25, 0.3) is 0 Å². The highest BCUT2D eigenvalue weighted by atomic mass is 16.5. The molecule has 0 N–H and O–H groups in total. The number of hydrogen-bond donors (Lipinski definition) is 0. The van der Waals surface area contributed by atoms with Crippen molar-refractivity contribution in [2.45, 2.75) is 38.7 Å². The zero-order chi connectivity index (χ0) is 9.52. The minimum absolute atomic E-state index is 0.163. The summed E-state index contributed by atoms with van der Waals surface area (Å²) in [5.41, 5.74) is 0. The number of rotatable bonds is 5. The molecule has 0 radical (unpaired) electrons. The fourth-order valence-corrected chi connectivity index (χ4v) is 1.35. The van der Waals surface area contributed by atoms with Crippen molar-refractivity contribution in [3.05, 3.63) is 0 Å².